The second kappa shape index (κ2) is 7.04. The Labute approximate surface area is 127 Å². The molecule has 22 heavy (non-hydrogen) atoms. The van der Waals surface area contributed by atoms with Gasteiger partial charge in [0.2, 0.25) is 0 Å². The summed E-state index contributed by atoms with van der Waals surface area (Å²) in [5, 5.41) is 58.2. The number of ether oxygens (including phenoxy) is 3. The Balaban J connectivity index is 1.98. The van der Waals surface area contributed by atoms with Gasteiger partial charge in [0.1, 0.15) is 42.7 Å². The Bertz CT molecular complexity index is 367. The van der Waals surface area contributed by atoms with Gasteiger partial charge in [0, 0.05) is 0 Å². The topological polar surface area (TPSA) is 149 Å². The van der Waals surface area contributed by atoms with Crippen molar-refractivity contribution in [2.75, 3.05) is 6.61 Å². The van der Waals surface area contributed by atoms with Crippen LogP contribution in [-0.4, -0.2) is 98.5 Å². The summed E-state index contributed by atoms with van der Waals surface area (Å²) in [5.74, 6) is 0. The lowest BCUT2D eigenvalue weighted by Crippen LogP contribution is -2.61. The van der Waals surface area contributed by atoms with E-state index in [0.29, 0.717) is 0 Å². The zero-order valence-corrected chi connectivity index (χ0v) is 12.4. The zero-order valence-electron chi connectivity index (χ0n) is 12.4. The number of hydrogen-bond donors (Lipinski definition) is 6. The van der Waals surface area contributed by atoms with Gasteiger partial charge in [-0.1, -0.05) is 0 Å². The molecule has 10 atom stereocenters. The minimum atomic E-state index is -1.46. The van der Waals surface area contributed by atoms with Gasteiger partial charge in [0.15, 0.2) is 6.29 Å². The summed E-state index contributed by atoms with van der Waals surface area (Å²) in [7, 11) is 0. The van der Waals surface area contributed by atoms with Crippen molar-refractivity contribution < 1.29 is 44.8 Å². The SMILES string of the molecule is CC1OC(C(C)OC2OCC(O)C(O)C2O)C(O)C(O)C1O. The first kappa shape index (κ1) is 18.0. The van der Waals surface area contributed by atoms with E-state index in [1.165, 1.54) is 0 Å². The first-order chi connectivity index (χ1) is 10.2. The molecule has 9 heteroatoms. The first-order valence-corrected chi connectivity index (χ1v) is 7.25. The molecule has 2 fully saturated rings. The van der Waals surface area contributed by atoms with Crippen LogP contribution in [0, 0.1) is 0 Å². The van der Waals surface area contributed by atoms with Crippen molar-refractivity contribution in [3.8, 4) is 0 Å². The second-order valence-corrected chi connectivity index (χ2v) is 5.87. The van der Waals surface area contributed by atoms with E-state index in [1.54, 1.807) is 13.8 Å². The van der Waals surface area contributed by atoms with E-state index in [4.69, 9.17) is 14.2 Å². The summed E-state index contributed by atoms with van der Waals surface area (Å²) in [6, 6.07) is 0. The van der Waals surface area contributed by atoms with Crippen molar-refractivity contribution in [1.82, 2.24) is 0 Å². The average Bonchev–Trinajstić information content (AvgIpc) is 2.49. The molecule has 0 aliphatic carbocycles. The minimum Gasteiger partial charge on any atom is -0.388 e. The minimum absolute atomic E-state index is 0.207. The summed E-state index contributed by atoms with van der Waals surface area (Å²) < 4.78 is 16.0. The zero-order chi connectivity index (χ0) is 16.6. The Morgan fingerprint density at radius 2 is 1.55 bits per heavy atom. The van der Waals surface area contributed by atoms with E-state index >= 15 is 0 Å². The van der Waals surface area contributed by atoms with Gasteiger partial charge < -0.3 is 44.8 Å². The predicted molar refractivity (Wildman–Crippen MR) is 70.7 cm³/mol. The van der Waals surface area contributed by atoms with Gasteiger partial charge in [-0.3, -0.25) is 0 Å². The molecule has 130 valence electrons. The molecule has 0 bridgehead atoms. The Morgan fingerprint density at radius 3 is 2.18 bits per heavy atom. The second-order valence-electron chi connectivity index (χ2n) is 5.87. The average molecular weight is 324 g/mol. The predicted octanol–water partition coefficient (Wildman–Crippen LogP) is -3.30. The maximum atomic E-state index is 9.98. The molecular formula is C13H24O9. The highest BCUT2D eigenvalue weighted by atomic mass is 16.7. The lowest BCUT2D eigenvalue weighted by atomic mass is 9.93. The molecule has 0 aromatic heterocycles. The molecule has 0 radical (unpaired) electrons. The molecule has 0 amide bonds. The highest BCUT2D eigenvalue weighted by Gasteiger charge is 2.46. The molecule has 2 rings (SSSR count). The molecule has 6 N–H and O–H groups in total. The molecule has 2 aliphatic heterocycles. The van der Waals surface area contributed by atoms with Crippen LogP contribution in [0.5, 0.6) is 0 Å². The fraction of sp³-hybridized carbons (Fsp3) is 1.00. The normalized spacial score (nSPS) is 51.5. The van der Waals surface area contributed by atoms with Gasteiger partial charge in [-0.05, 0) is 13.8 Å². The number of rotatable bonds is 3. The molecule has 2 heterocycles. The maximum Gasteiger partial charge on any atom is 0.186 e. The molecular weight excluding hydrogens is 300 g/mol. The van der Waals surface area contributed by atoms with E-state index in [0.717, 1.165) is 0 Å². The van der Waals surface area contributed by atoms with Crippen molar-refractivity contribution in [2.45, 2.75) is 75.1 Å². The number of aliphatic hydroxyl groups is 6. The number of hydrogen-bond acceptors (Lipinski definition) is 9. The molecule has 2 saturated heterocycles. The molecule has 0 spiro atoms. The van der Waals surface area contributed by atoms with Crippen molar-refractivity contribution in [3.63, 3.8) is 0 Å². The highest BCUT2D eigenvalue weighted by Crippen LogP contribution is 2.26. The first-order valence-electron chi connectivity index (χ1n) is 7.25. The summed E-state index contributed by atoms with van der Waals surface area (Å²) >= 11 is 0. The summed E-state index contributed by atoms with van der Waals surface area (Å²) in [6.07, 6.45) is -11.7. The monoisotopic (exact) mass is 324 g/mol. The fourth-order valence-corrected chi connectivity index (χ4v) is 2.66. The highest BCUT2D eigenvalue weighted by molar-refractivity contribution is 4.93. The van der Waals surface area contributed by atoms with E-state index in [9.17, 15) is 30.6 Å². The van der Waals surface area contributed by atoms with Gasteiger partial charge in [-0.15, -0.1) is 0 Å². The van der Waals surface area contributed by atoms with Crippen molar-refractivity contribution in [1.29, 1.82) is 0 Å². The Morgan fingerprint density at radius 1 is 0.909 bits per heavy atom. The third kappa shape index (κ3) is 3.42. The molecule has 9 nitrogen and oxygen atoms in total. The van der Waals surface area contributed by atoms with Gasteiger partial charge in [0.25, 0.3) is 0 Å². The van der Waals surface area contributed by atoms with Crippen LogP contribution in [-0.2, 0) is 14.2 Å². The quantitative estimate of drug-likeness (QED) is 0.314. The lowest BCUT2D eigenvalue weighted by molar-refractivity contribution is -0.307. The van der Waals surface area contributed by atoms with Crippen molar-refractivity contribution in [3.05, 3.63) is 0 Å². The largest absolute Gasteiger partial charge is 0.388 e. The molecule has 0 saturated carbocycles. The van der Waals surface area contributed by atoms with E-state index in [1.807, 2.05) is 0 Å². The van der Waals surface area contributed by atoms with Gasteiger partial charge in [0.05, 0.1) is 18.8 Å². The molecule has 0 aromatic carbocycles. The molecule has 10 unspecified atom stereocenters. The maximum absolute atomic E-state index is 9.98. The van der Waals surface area contributed by atoms with Gasteiger partial charge in [-0.25, -0.2) is 0 Å². The number of aliphatic hydroxyl groups excluding tert-OH is 6. The standard InChI is InChI=1S/C13H24O9/c1-4-7(15)9(17)10(18)12(21-4)5(2)22-13-11(19)8(16)6(14)3-20-13/h4-19H,3H2,1-2H3. The molecule has 0 aromatic rings. The van der Waals surface area contributed by atoms with Crippen LogP contribution in [0.3, 0.4) is 0 Å². The Kier molecular flexibility index (Phi) is 5.75. The van der Waals surface area contributed by atoms with Crippen LogP contribution in [0.25, 0.3) is 0 Å². The van der Waals surface area contributed by atoms with Crippen LogP contribution in [0.2, 0.25) is 0 Å². The molecule has 2 aliphatic rings. The smallest absolute Gasteiger partial charge is 0.186 e. The lowest BCUT2D eigenvalue weighted by Gasteiger charge is -2.43. The van der Waals surface area contributed by atoms with Crippen LogP contribution >= 0.6 is 0 Å². The third-order valence-electron chi connectivity index (χ3n) is 4.15. The summed E-state index contributed by atoms with van der Waals surface area (Å²) in [6.45, 7) is 2.88. The van der Waals surface area contributed by atoms with E-state index in [2.05, 4.69) is 0 Å². The van der Waals surface area contributed by atoms with Crippen LogP contribution in [0.1, 0.15) is 13.8 Å². The Hall–Kier alpha value is -0.360. The van der Waals surface area contributed by atoms with Crippen molar-refractivity contribution in [2.24, 2.45) is 0 Å². The summed E-state index contributed by atoms with van der Waals surface area (Å²) in [5.41, 5.74) is 0. The van der Waals surface area contributed by atoms with E-state index in [-0.39, 0.29) is 6.61 Å². The fourth-order valence-electron chi connectivity index (χ4n) is 2.66. The van der Waals surface area contributed by atoms with Crippen molar-refractivity contribution >= 4 is 0 Å². The van der Waals surface area contributed by atoms with Gasteiger partial charge in [-0.2, -0.15) is 0 Å². The van der Waals surface area contributed by atoms with Crippen LogP contribution in [0.4, 0.5) is 0 Å². The summed E-state index contributed by atoms with van der Waals surface area (Å²) in [4.78, 5) is 0. The van der Waals surface area contributed by atoms with Gasteiger partial charge >= 0.3 is 0 Å². The third-order valence-corrected chi connectivity index (χ3v) is 4.15. The van der Waals surface area contributed by atoms with Crippen LogP contribution in [0.15, 0.2) is 0 Å². The van der Waals surface area contributed by atoms with Crippen LogP contribution < -0.4 is 0 Å². The van der Waals surface area contributed by atoms with E-state index < -0.39 is 61.2 Å².